The van der Waals surface area contributed by atoms with Crippen LogP contribution in [0.2, 0.25) is 10.0 Å². The summed E-state index contributed by atoms with van der Waals surface area (Å²) in [6, 6.07) is 4.22. The number of hydrogen-bond donors (Lipinski definition) is 1. The molecule has 0 spiro atoms. The maximum absolute atomic E-state index is 11.8. The molecular formula is C10H14Cl2N2O2S. The van der Waals surface area contributed by atoms with Gasteiger partial charge >= 0.3 is 0 Å². The van der Waals surface area contributed by atoms with Gasteiger partial charge in [-0.15, -0.1) is 0 Å². The molecule has 0 saturated carbocycles. The molecule has 7 heteroatoms. The lowest BCUT2D eigenvalue weighted by Gasteiger charge is -2.11. The van der Waals surface area contributed by atoms with E-state index in [9.17, 15) is 8.42 Å². The zero-order valence-corrected chi connectivity index (χ0v) is 11.9. The van der Waals surface area contributed by atoms with E-state index < -0.39 is 10.0 Å². The molecule has 1 aromatic rings. The molecule has 4 nitrogen and oxygen atoms in total. The standard InChI is InChI=1S/C10H14Cl2N2O2S/c1-14(2)6-5-13-17(15,16)8-3-4-9(11)10(12)7-8/h3-4,7,13H,5-6H2,1-2H3. The van der Waals surface area contributed by atoms with Gasteiger partial charge in [-0.3, -0.25) is 0 Å². The minimum absolute atomic E-state index is 0.116. The zero-order valence-electron chi connectivity index (χ0n) is 9.57. The number of hydrogen-bond acceptors (Lipinski definition) is 3. The van der Waals surface area contributed by atoms with Gasteiger partial charge in [0.15, 0.2) is 0 Å². The molecule has 1 rings (SSSR count). The van der Waals surface area contributed by atoms with Crippen LogP contribution in [-0.4, -0.2) is 40.5 Å². The Balaban J connectivity index is 2.79. The van der Waals surface area contributed by atoms with E-state index in [0.29, 0.717) is 18.1 Å². The number of nitrogens with one attached hydrogen (secondary N) is 1. The average molecular weight is 297 g/mol. The van der Waals surface area contributed by atoms with E-state index in [1.54, 1.807) is 0 Å². The minimum atomic E-state index is -3.51. The summed E-state index contributed by atoms with van der Waals surface area (Å²) in [5.74, 6) is 0. The molecule has 0 amide bonds. The van der Waals surface area contributed by atoms with E-state index in [-0.39, 0.29) is 9.92 Å². The molecule has 0 radical (unpaired) electrons. The fourth-order valence-electron chi connectivity index (χ4n) is 1.13. The van der Waals surface area contributed by atoms with Crippen molar-refractivity contribution in [3.63, 3.8) is 0 Å². The molecule has 0 heterocycles. The molecule has 1 aromatic carbocycles. The van der Waals surface area contributed by atoms with Gasteiger partial charge in [-0.2, -0.15) is 0 Å². The van der Waals surface area contributed by atoms with Crippen LogP contribution >= 0.6 is 23.2 Å². The first-order valence-electron chi connectivity index (χ1n) is 4.92. The minimum Gasteiger partial charge on any atom is -0.308 e. The maximum atomic E-state index is 11.8. The second kappa shape index (κ2) is 6.02. The van der Waals surface area contributed by atoms with Crippen molar-refractivity contribution < 1.29 is 8.42 Å². The first-order valence-corrected chi connectivity index (χ1v) is 7.16. The van der Waals surface area contributed by atoms with Gasteiger partial charge in [0.1, 0.15) is 0 Å². The van der Waals surface area contributed by atoms with E-state index >= 15 is 0 Å². The molecule has 0 aliphatic carbocycles. The summed E-state index contributed by atoms with van der Waals surface area (Å²) in [4.78, 5) is 2.00. The van der Waals surface area contributed by atoms with Crippen LogP contribution in [0.4, 0.5) is 0 Å². The molecule has 0 unspecified atom stereocenters. The first-order chi connectivity index (χ1) is 7.83. The number of halogens is 2. The van der Waals surface area contributed by atoms with E-state index in [1.807, 2.05) is 19.0 Å². The molecule has 0 aromatic heterocycles. The zero-order chi connectivity index (χ0) is 13.1. The summed E-state index contributed by atoms with van der Waals surface area (Å²) in [5.41, 5.74) is 0. The van der Waals surface area contributed by atoms with Crippen LogP contribution in [0.3, 0.4) is 0 Å². The van der Waals surface area contributed by atoms with Gasteiger partial charge in [-0.25, -0.2) is 13.1 Å². The molecule has 1 N–H and O–H groups in total. The quantitative estimate of drug-likeness (QED) is 0.902. The van der Waals surface area contributed by atoms with Crippen molar-refractivity contribution in [2.45, 2.75) is 4.90 Å². The fraction of sp³-hybridized carbons (Fsp3) is 0.400. The van der Waals surface area contributed by atoms with E-state index in [4.69, 9.17) is 23.2 Å². The lowest BCUT2D eigenvalue weighted by atomic mass is 10.4. The van der Waals surface area contributed by atoms with Gasteiger partial charge in [-0.05, 0) is 32.3 Å². The van der Waals surface area contributed by atoms with Crippen LogP contribution in [0.25, 0.3) is 0 Å². The highest BCUT2D eigenvalue weighted by Gasteiger charge is 2.14. The predicted molar refractivity (Wildman–Crippen MR) is 70.2 cm³/mol. The van der Waals surface area contributed by atoms with E-state index in [1.165, 1.54) is 18.2 Å². The Kier molecular flexibility index (Phi) is 5.22. The normalized spacial score (nSPS) is 12.1. The smallest absolute Gasteiger partial charge is 0.240 e. The van der Waals surface area contributed by atoms with Crippen molar-refractivity contribution in [3.8, 4) is 0 Å². The second-order valence-electron chi connectivity index (χ2n) is 3.78. The van der Waals surface area contributed by atoms with Gasteiger partial charge in [0, 0.05) is 13.1 Å². The van der Waals surface area contributed by atoms with Gasteiger partial charge in [0.05, 0.1) is 14.9 Å². The Morgan fingerprint density at radius 3 is 2.41 bits per heavy atom. The summed E-state index contributed by atoms with van der Waals surface area (Å²) in [5, 5.41) is 0.557. The van der Waals surface area contributed by atoms with Gasteiger partial charge in [0.25, 0.3) is 0 Å². The second-order valence-corrected chi connectivity index (χ2v) is 6.36. The lowest BCUT2D eigenvalue weighted by Crippen LogP contribution is -2.31. The largest absolute Gasteiger partial charge is 0.308 e. The highest BCUT2D eigenvalue weighted by Crippen LogP contribution is 2.24. The van der Waals surface area contributed by atoms with Crippen molar-refractivity contribution >= 4 is 33.2 Å². The number of nitrogens with zero attached hydrogens (tertiary/aromatic N) is 1. The highest BCUT2D eigenvalue weighted by atomic mass is 35.5. The highest BCUT2D eigenvalue weighted by molar-refractivity contribution is 7.89. The maximum Gasteiger partial charge on any atom is 0.240 e. The lowest BCUT2D eigenvalue weighted by molar-refractivity contribution is 0.412. The van der Waals surface area contributed by atoms with Crippen LogP contribution in [0.1, 0.15) is 0 Å². The van der Waals surface area contributed by atoms with Crippen LogP contribution < -0.4 is 4.72 Å². The SMILES string of the molecule is CN(C)CCNS(=O)(=O)c1ccc(Cl)c(Cl)c1. The van der Waals surface area contributed by atoms with Crippen molar-refractivity contribution in [2.75, 3.05) is 27.2 Å². The molecule has 96 valence electrons. The van der Waals surface area contributed by atoms with Crippen molar-refractivity contribution in [1.82, 2.24) is 9.62 Å². The van der Waals surface area contributed by atoms with Crippen LogP contribution in [0, 0.1) is 0 Å². The summed E-state index contributed by atoms with van der Waals surface area (Å²) < 4.78 is 26.2. The van der Waals surface area contributed by atoms with E-state index in [0.717, 1.165) is 0 Å². The Morgan fingerprint density at radius 1 is 1.24 bits per heavy atom. The molecule has 0 fully saturated rings. The molecule has 0 saturated heterocycles. The van der Waals surface area contributed by atoms with Crippen LogP contribution in [-0.2, 0) is 10.0 Å². The third kappa shape index (κ3) is 4.44. The third-order valence-electron chi connectivity index (χ3n) is 2.05. The van der Waals surface area contributed by atoms with Gasteiger partial charge in [-0.1, -0.05) is 23.2 Å². The van der Waals surface area contributed by atoms with Crippen molar-refractivity contribution in [2.24, 2.45) is 0 Å². The Morgan fingerprint density at radius 2 is 1.88 bits per heavy atom. The average Bonchev–Trinajstić information content (AvgIpc) is 2.21. The van der Waals surface area contributed by atoms with Gasteiger partial charge in [0.2, 0.25) is 10.0 Å². The number of rotatable bonds is 5. The van der Waals surface area contributed by atoms with Crippen LogP contribution in [0.5, 0.6) is 0 Å². The van der Waals surface area contributed by atoms with Crippen molar-refractivity contribution in [1.29, 1.82) is 0 Å². The predicted octanol–water partition coefficient (Wildman–Crippen LogP) is 1.83. The fourth-order valence-corrected chi connectivity index (χ4v) is 2.54. The molecule has 0 bridgehead atoms. The van der Waals surface area contributed by atoms with Crippen molar-refractivity contribution in [3.05, 3.63) is 28.2 Å². The topological polar surface area (TPSA) is 49.4 Å². The molecule has 0 aliphatic heterocycles. The monoisotopic (exact) mass is 296 g/mol. The molecule has 0 aliphatic rings. The molecule has 17 heavy (non-hydrogen) atoms. The first kappa shape index (κ1) is 14.7. The number of sulfonamides is 1. The van der Waals surface area contributed by atoms with E-state index in [2.05, 4.69) is 4.72 Å². The summed E-state index contributed by atoms with van der Waals surface area (Å²) in [6.07, 6.45) is 0. The summed E-state index contributed by atoms with van der Waals surface area (Å²) >= 11 is 11.5. The number of benzene rings is 1. The number of likely N-dealkylation sites (N-methyl/N-ethyl adjacent to an activating group) is 1. The van der Waals surface area contributed by atoms with Crippen LogP contribution in [0.15, 0.2) is 23.1 Å². The molecule has 0 atom stereocenters. The molecular weight excluding hydrogens is 283 g/mol. The Hall–Kier alpha value is -0.330. The summed E-state index contributed by atoms with van der Waals surface area (Å²) in [6.45, 7) is 0.968. The summed E-state index contributed by atoms with van der Waals surface area (Å²) in [7, 11) is 0.222. The van der Waals surface area contributed by atoms with Gasteiger partial charge < -0.3 is 4.90 Å². The Labute approximate surface area is 112 Å². The Bertz CT molecular complexity index is 489. The third-order valence-corrected chi connectivity index (χ3v) is 4.25.